The van der Waals surface area contributed by atoms with Crippen LogP contribution in [0.15, 0.2) is 82.5 Å². The van der Waals surface area contributed by atoms with Crippen LogP contribution >= 0.6 is 11.8 Å². The number of esters is 1. The van der Waals surface area contributed by atoms with Crippen molar-refractivity contribution in [1.82, 2.24) is 9.36 Å². The summed E-state index contributed by atoms with van der Waals surface area (Å²) < 4.78 is 8.45. The maximum absolute atomic E-state index is 13.0. The second kappa shape index (κ2) is 10.0. The van der Waals surface area contributed by atoms with Crippen molar-refractivity contribution < 1.29 is 14.3 Å². The Bertz CT molecular complexity index is 1410. The van der Waals surface area contributed by atoms with Gasteiger partial charge in [-0.1, -0.05) is 48.5 Å². The molecule has 34 heavy (non-hydrogen) atoms. The number of hydrogen-bond acceptors (Lipinski definition) is 5. The fourth-order valence-electron chi connectivity index (χ4n) is 3.62. The third kappa shape index (κ3) is 4.92. The van der Waals surface area contributed by atoms with Crippen LogP contribution in [0.3, 0.4) is 0 Å². The van der Waals surface area contributed by atoms with Gasteiger partial charge in [-0.2, -0.15) is 0 Å². The summed E-state index contributed by atoms with van der Waals surface area (Å²) >= 11 is 1.35. The van der Waals surface area contributed by atoms with Gasteiger partial charge in [-0.05, 0) is 48.9 Å². The van der Waals surface area contributed by atoms with Crippen LogP contribution in [0.1, 0.15) is 12.6 Å². The Kier molecular flexibility index (Phi) is 6.88. The summed E-state index contributed by atoms with van der Waals surface area (Å²) in [5.74, 6) is -0.997. The number of carbonyl (C=O) groups is 2. The van der Waals surface area contributed by atoms with Crippen LogP contribution in [0.2, 0.25) is 0 Å². The lowest BCUT2D eigenvalue weighted by atomic mass is 10.1. The summed E-state index contributed by atoms with van der Waals surface area (Å²) in [6.07, 6.45) is -1.05. The van der Waals surface area contributed by atoms with Gasteiger partial charge in [-0.15, -0.1) is 11.8 Å². The highest BCUT2D eigenvalue weighted by atomic mass is 32.2. The predicted octanol–water partition coefficient (Wildman–Crippen LogP) is 4.30. The molecule has 8 heteroatoms. The van der Waals surface area contributed by atoms with E-state index in [-0.39, 0.29) is 17.0 Å². The first-order valence-electron chi connectivity index (χ1n) is 10.8. The van der Waals surface area contributed by atoms with Crippen LogP contribution in [0.25, 0.3) is 16.5 Å². The Hall–Kier alpha value is -3.78. The van der Waals surface area contributed by atoms with Gasteiger partial charge in [0, 0.05) is 11.9 Å². The number of aromatic nitrogens is 2. The average Bonchev–Trinajstić information content (AvgIpc) is 3.06. The summed E-state index contributed by atoms with van der Waals surface area (Å²) in [6, 6.07) is 23.1. The maximum Gasteiger partial charge on any atom is 0.317 e. The molecule has 1 amide bonds. The van der Waals surface area contributed by atoms with Gasteiger partial charge in [0.15, 0.2) is 6.10 Å². The van der Waals surface area contributed by atoms with Gasteiger partial charge in [-0.25, -0.2) is 4.68 Å². The summed E-state index contributed by atoms with van der Waals surface area (Å²) in [7, 11) is 1.74. The zero-order valence-corrected chi connectivity index (χ0v) is 20.0. The molecule has 1 unspecified atom stereocenters. The molecule has 1 N–H and O–H groups in total. The van der Waals surface area contributed by atoms with Gasteiger partial charge in [-0.3, -0.25) is 19.1 Å². The maximum atomic E-state index is 13.0. The first-order chi connectivity index (χ1) is 16.3. The zero-order valence-electron chi connectivity index (χ0n) is 19.1. The minimum absolute atomic E-state index is 0.0706. The van der Waals surface area contributed by atoms with E-state index in [2.05, 4.69) is 5.32 Å². The van der Waals surface area contributed by atoms with Crippen molar-refractivity contribution >= 4 is 40.1 Å². The number of carbonyl (C=O) groups excluding carboxylic acids is 2. The standard InChI is InChI=1S/C26H25N3O4S/c1-17-24(26(32)29(28(17)3)21-11-5-4-6-12-21)27-25(31)18(2)33-23(30)16-34-22-14-13-19-9-7-8-10-20(19)15-22/h4-15,18H,16H2,1-3H3,(H,27,31). The SMILES string of the molecule is Cc1c(NC(=O)C(C)OC(=O)CSc2ccc3ccccc3c2)c(=O)n(-c2ccccc2)n1C. The van der Waals surface area contributed by atoms with Gasteiger partial charge >= 0.3 is 5.97 Å². The molecule has 1 heterocycles. The van der Waals surface area contributed by atoms with Crippen molar-refractivity contribution in [3.63, 3.8) is 0 Å². The van der Waals surface area contributed by atoms with Crippen LogP contribution in [-0.4, -0.2) is 33.1 Å². The van der Waals surface area contributed by atoms with Crippen LogP contribution in [0.4, 0.5) is 5.69 Å². The monoisotopic (exact) mass is 475 g/mol. The second-order valence-corrected chi connectivity index (χ2v) is 8.90. The van der Waals surface area contributed by atoms with Crippen molar-refractivity contribution in [3.05, 3.63) is 88.8 Å². The Labute approximate surface area is 201 Å². The lowest BCUT2D eigenvalue weighted by Crippen LogP contribution is -2.32. The number of amides is 1. The molecule has 1 aromatic heterocycles. The molecular formula is C26H25N3O4S. The van der Waals surface area contributed by atoms with Gasteiger partial charge < -0.3 is 10.1 Å². The molecule has 0 spiro atoms. The van der Waals surface area contributed by atoms with Gasteiger partial charge in [0.25, 0.3) is 11.5 Å². The van der Waals surface area contributed by atoms with E-state index in [1.54, 1.807) is 18.7 Å². The largest absolute Gasteiger partial charge is 0.452 e. The molecule has 4 aromatic rings. The third-order valence-electron chi connectivity index (χ3n) is 5.56. The Morgan fingerprint density at radius 3 is 2.41 bits per heavy atom. The first kappa shape index (κ1) is 23.4. The molecule has 0 saturated carbocycles. The second-order valence-electron chi connectivity index (χ2n) is 7.86. The normalized spacial score (nSPS) is 11.9. The van der Waals surface area contributed by atoms with Crippen molar-refractivity contribution in [2.45, 2.75) is 24.8 Å². The van der Waals surface area contributed by atoms with Crippen molar-refractivity contribution in [3.8, 4) is 5.69 Å². The molecule has 0 aliphatic heterocycles. The Morgan fingerprint density at radius 1 is 1.00 bits per heavy atom. The highest BCUT2D eigenvalue weighted by molar-refractivity contribution is 8.00. The number of fused-ring (bicyclic) bond motifs is 1. The smallest absolute Gasteiger partial charge is 0.317 e. The Morgan fingerprint density at radius 2 is 1.68 bits per heavy atom. The van der Waals surface area contributed by atoms with E-state index in [0.29, 0.717) is 11.4 Å². The molecule has 174 valence electrons. The minimum Gasteiger partial charge on any atom is -0.452 e. The van der Waals surface area contributed by atoms with Crippen molar-refractivity contribution in [2.24, 2.45) is 7.05 Å². The fraction of sp³-hybridized carbons (Fsp3) is 0.192. The topological polar surface area (TPSA) is 82.3 Å². The fourth-order valence-corrected chi connectivity index (χ4v) is 4.35. The van der Waals surface area contributed by atoms with E-state index in [1.807, 2.05) is 72.8 Å². The quantitative estimate of drug-likeness (QED) is 0.318. The Balaban J connectivity index is 1.38. The van der Waals surface area contributed by atoms with Crippen LogP contribution in [0, 0.1) is 6.92 Å². The number of thioether (sulfide) groups is 1. The van der Waals surface area contributed by atoms with E-state index in [9.17, 15) is 14.4 Å². The summed E-state index contributed by atoms with van der Waals surface area (Å²) in [4.78, 5) is 38.9. The number of nitrogens with one attached hydrogen (secondary N) is 1. The zero-order chi connectivity index (χ0) is 24.2. The molecule has 0 saturated heterocycles. The molecule has 3 aromatic carbocycles. The average molecular weight is 476 g/mol. The highest BCUT2D eigenvalue weighted by Crippen LogP contribution is 2.24. The molecule has 0 fully saturated rings. The number of hydrogen-bond donors (Lipinski definition) is 1. The lowest BCUT2D eigenvalue weighted by Gasteiger charge is -2.13. The van der Waals surface area contributed by atoms with Crippen molar-refractivity contribution in [1.29, 1.82) is 0 Å². The molecule has 1 atom stereocenters. The van der Waals surface area contributed by atoms with Gasteiger partial charge in [0.05, 0.1) is 17.1 Å². The first-order valence-corrected chi connectivity index (χ1v) is 11.8. The number of ether oxygens (including phenoxy) is 1. The minimum atomic E-state index is -1.05. The molecule has 0 bridgehead atoms. The number of nitrogens with zero attached hydrogens (tertiary/aromatic N) is 2. The van der Waals surface area contributed by atoms with Gasteiger partial charge in [0.1, 0.15) is 5.69 Å². The third-order valence-corrected chi connectivity index (χ3v) is 6.52. The predicted molar refractivity (Wildman–Crippen MR) is 135 cm³/mol. The summed E-state index contributed by atoms with van der Waals surface area (Å²) in [5.41, 5.74) is 1.08. The number of para-hydroxylation sites is 1. The van der Waals surface area contributed by atoms with E-state index in [4.69, 9.17) is 4.74 Å². The van der Waals surface area contributed by atoms with E-state index < -0.39 is 18.0 Å². The number of benzene rings is 3. The number of rotatable bonds is 7. The molecular weight excluding hydrogens is 450 g/mol. The summed E-state index contributed by atoms with van der Waals surface area (Å²) in [6.45, 7) is 3.23. The van der Waals surface area contributed by atoms with Crippen LogP contribution < -0.4 is 10.9 Å². The molecule has 0 aliphatic carbocycles. The molecule has 0 radical (unpaired) electrons. The van der Waals surface area contributed by atoms with E-state index in [0.717, 1.165) is 15.7 Å². The van der Waals surface area contributed by atoms with Gasteiger partial charge in [0.2, 0.25) is 0 Å². The van der Waals surface area contributed by atoms with Crippen molar-refractivity contribution in [2.75, 3.05) is 11.1 Å². The molecule has 4 rings (SSSR count). The summed E-state index contributed by atoms with van der Waals surface area (Å²) in [5, 5.41) is 4.85. The molecule has 0 aliphatic rings. The highest BCUT2D eigenvalue weighted by Gasteiger charge is 2.23. The van der Waals surface area contributed by atoms with E-state index >= 15 is 0 Å². The van der Waals surface area contributed by atoms with Crippen LogP contribution in [0.5, 0.6) is 0 Å². The number of anilines is 1. The molecule has 7 nitrogen and oxygen atoms in total. The lowest BCUT2D eigenvalue weighted by molar-refractivity contribution is -0.150. The van der Waals surface area contributed by atoms with E-state index in [1.165, 1.54) is 23.4 Å². The van der Waals surface area contributed by atoms with Crippen LogP contribution in [-0.2, 0) is 21.4 Å².